The predicted octanol–water partition coefficient (Wildman–Crippen LogP) is 6.90. The molecule has 1 heterocycles. The lowest BCUT2D eigenvalue weighted by Crippen LogP contribution is -2.30. The second-order valence-corrected chi connectivity index (χ2v) is 9.14. The number of carbonyl (C=O) groups excluding carboxylic acids is 2. The van der Waals surface area contributed by atoms with Crippen LogP contribution in [0.25, 0.3) is 11.1 Å². The molecule has 3 aromatic carbocycles. The number of aryl methyl sites for hydroxylation is 3. The van der Waals surface area contributed by atoms with Crippen molar-refractivity contribution in [1.82, 2.24) is 4.90 Å². The Hall–Kier alpha value is -3.40. The molecule has 0 N–H and O–H groups in total. The van der Waals surface area contributed by atoms with Gasteiger partial charge in [-0.3, -0.25) is 14.5 Å². The van der Waals surface area contributed by atoms with E-state index in [1.807, 2.05) is 0 Å². The maximum atomic E-state index is 12.4. The number of imide groups is 1. The first kappa shape index (κ1) is 23.7. The van der Waals surface area contributed by atoms with E-state index in [1.54, 1.807) is 24.3 Å². The zero-order chi connectivity index (χ0) is 24.1. The predicted molar refractivity (Wildman–Crippen MR) is 136 cm³/mol. The molecule has 0 aromatic heterocycles. The van der Waals surface area contributed by atoms with Crippen LogP contribution in [0, 0.1) is 20.8 Å². The van der Waals surface area contributed by atoms with Gasteiger partial charge in [-0.15, -0.1) is 0 Å². The Balaban J connectivity index is 1.22. The number of ether oxygens (including phenoxy) is 1. The minimum Gasteiger partial charge on any atom is -0.493 e. The molecular formula is C30H33NO3. The fourth-order valence-electron chi connectivity index (χ4n) is 4.82. The number of rotatable bonds is 10. The zero-order valence-electron chi connectivity index (χ0n) is 20.4. The van der Waals surface area contributed by atoms with Crippen molar-refractivity contribution in [3.63, 3.8) is 0 Å². The maximum Gasteiger partial charge on any atom is 0.261 e. The van der Waals surface area contributed by atoms with Crippen LogP contribution in [0.5, 0.6) is 5.75 Å². The highest BCUT2D eigenvalue weighted by atomic mass is 16.5. The second kappa shape index (κ2) is 10.7. The van der Waals surface area contributed by atoms with Gasteiger partial charge >= 0.3 is 0 Å². The van der Waals surface area contributed by atoms with Crippen LogP contribution in [0.1, 0.15) is 69.5 Å². The summed E-state index contributed by atoms with van der Waals surface area (Å²) in [5.41, 5.74) is 7.27. The molecule has 3 aromatic rings. The molecule has 4 rings (SSSR count). The first-order chi connectivity index (χ1) is 16.5. The Morgan fingerprint density at radius 2 is 1.15 bits per heavy atom. The third kappa shape index (κ3) is 4.91. The quantitative estimate of drug-likeness (QED) is 0.247. The summed E-state index contributed by atoms with van der Waals surface area (Å²) in [5, 5.41) is 0. The lowest BCUT2D eigenvalue weighted by molar-refractivity contribution is 0.0651. The van der Waals surface area contributed by atoms with E-state index in [0.717, 1.165) is 37.9 Å². The first-order valence-corrected chi connectivity index (χ1v) is 12.2. The summed E-state index contributed by atoms with van der Waals surface area (Å²) in [6.07, 6.45) is 4.93. The van der Waals surface area contributed by atoms with Gasteiger partial charge in [-0.05, 0) is 74.1 Å². The van der Waals surface area contributed by atoms with Crippen LogP contribution in [-0.4, -0.2) is 29.9 Å². The minimum atomic E-state index is -0.160. The summed E-state index contributed by atoms with van der Waals surface area (Å²) in [7, 11) is 0. The van der Waals surface area contributed by atoms with Crippen molar-refractivity contribution >= 4 is 11.8 Å². The molecule has 0 saturated heterocycles. The monoisotopic (exact) mass is 455 g/mol. The lowest BCUT2D eigenvalue weighted by atomic mass is 9.92. The molecule has 1 aliphatic rings. The molecule has 0 radical (unpaired) electrons. The van der Waals surface area contributed by atoms with E-state index >= 15 is 0 Å². The topological polar surface area (TPSA) is 46.6 Å². The summed E-state index contributed by atoms with van der Waals surface area (Å²) in [6.45, 7) is 7.62. The van der Waals surface area contributed by atoms with Gasteiger partial charge in [0.1, 0.15) is 5.75 Å². The van der Waals surface area contributed by atoms with E-state index < -0.39 is 0 Å². The Morgan fingerprint density at radius 1 is 0.618 bits per heavy atom. The molecule has 1 aliphatic heterocycles. The average Bonchev–Trinajstić information content (AvgIpc) is 3.07. The molecule has 0 fully saturated rings. The maximum absolute atomic E-state index is 12.4. The zero-order valence-corrected chi connectivity index (χ0v) is 20.4. The van der Waals surface area contributed by atoms with Crippen molar-refractivity contribution in [2.45, 2.75) is 52.9 Å². The van der Waals surface area contributed by atoms with Crippen molar-refractivity contribution in [1.29, 1.82) is 0 Å². The number of amides is 2. The second-order valence-electron chi connectivity index (χ2n) is 9.14. The van der Waals surface area contributed by atoms with Crippen LogP contribution >= 0.6 is 0 Å². The average molecular weight is 456 g/mol. The van der Waals surface area contributed by atoms with Gasteiger partial charge < -0.3 is 4.74 Å². The molecule has 0 atom stereocenters. The van der Waals surface area contributed by atoms with Gasteiger partial charge in [-0.25, -0.2) is 0 Å². The van der Waals surface area contributed by atoms with E-state index in [4.69, 9.17) is 4.74 Å². The van der Waals surface area contributed by atoms with Crippen molar-refractivity contribution in [2.75, 3.05) is 13.2 Å². The van der Waals surface area contributed by atoms with E-state index in [2.05, 4.69) is 57.2 Å². The molecule has 34 heavy (non-hydrogen) atoms. The minimum absolute atomic E-state index is 0.160. The van der Waals surface area contributed by atoms with Gasteiger partial charge in [0.15, 0.2) is 0 Å². The Kier molecular flexibility index (Phi) is 7.46. The van der Waals surface area contributed by atoms with E-state index in [9.17, 15) is 9.59 Å². The largest absolute Gasteiger partial charge is 0.493 e. The summed E-state index contributed by atoms with van der Waals surface area (Å²) < 4.78 is 6.24. The first-order valence-electron chi connectivity index (χ1n) is 12.2. The van der Waals surface area contributed by atoms with Crippen LogP contribution in [0.15, 0.2) is 60.7 Å². The SMILES string of the molecule is Cc1cccc(C)c1-c1c(C)cccc1OCCCCCCCN1C(=O)c2ccccc2C1=O. The van der Waals surface area contributed by atoms with Gasteiger partial charge in [-0.1, -0.05) is 61.7 Å². The molecule has 0 aliphatic carbocycles. The van der Waals surface area contributed by atoms with Gasteiger partial charge in [0.05, 0.1) is 17.7 Å². The summed E-state index contributed by atoms with van der Waals surface area (Å²) in [6, 6.07) is 19.7. The Morgan fingerprint density at radius 3 is 1.79 bits per heavy atom. The highest BCUT2D eigenvalue weighted by Crippen LogP contribution is 2.37. The highest BCUT2D eigenvalue weighted by Gasteiger charge is 2.34. The molecule has 0 unspecified atom stereocenters. The standard InChI is InChI=1S/C30H33NO3/c1-21-13-11-14-22(2)27(21)28-23(3)15-12-18-26(28)34-20-10-6-4-5-9-19-31-29(32)24-16-7-8-17-25(24)30(31)33/h7-8,11-18H,4-6,9-10,19-20H2,1-3H3. The number of unbranched alkanes of at least 4 members (excludes halogenated alkanes) is 4. The number of fused-ring (bicyclic) bond motifs is 1. The summed E-state index contributed by atoms with van der Waals surface area (Å²) in [5.74, 6) is 0.627. The highest BCUT2D eigenvalue weighted by molar-refractivity contribution is 6.21. The number of benzene rings is 3. The molecule has 4 nitrogen and oxygen atoms in total. The van der Waals surface area contributed by atoms with Crippen LogP contribution in [-0.2, 0) is 0 Å². The fourth-order valence-corrected chi connectivity index (χ4v) is 4.82. The van der Waals surface area contributed by atoms with Crippen LogP contribution < -0.4 is 4.74 Å². The van der Waals surface area contributed by atoms with E-state index in [-0.39, 0.29) is 11.8 Å². The fraction of sp³-hybridized carbons (Fsp3) is 0.333. The van der Waals surface area contributed by atoms with Gasteiger partial charge in [0.25, 0.3) is 11.8 Å². The summed E-state index contributed by atoms with van der Waals surface area (Å²) >= 11 is 0. The van der Waals surface area contributed by atoms with Gasteiger partial charge in [-0.2, -0.15) is 0 Å². The molecule has 0 bridgehead atoms. The Bertz CT molecular complexity index is 1140. The Labute approximate surface area is 202 Å². The molecule has 0 spiro atoms. The van der Waals surface area contributed by atoms with Crippen molar-refractivity contribution in [2.24, 2.45) is 0 Å². The van der Waals surface area contributed by atoms with Crippen LogP contribution in [0.4, 0.5) is 0 Å². The van der Waals surface area contributed by atoms with Gasteiger partial charge in [0.2, 0.25) is 0 Å². The molecule has 0 saturated carbocycles. The van der Waals surface area contributed by atoms with Crippen molar-refractivity contribution in [3.05, 3.63) is 88.5 Å². The third-order valence-corrected chi connectivity index (χ3v) is 6.63. The van der Waals surface area contributed by atoms with Gasteiger partial charge in [0, 0.05) is 12.1 Å². The van der Waals surface area contributed by atoms with Crippen LogP contribution in [0.2, 0.25) is 0 Å². The smallest absolute Gasteiger partial charge is 0.261 e. The third-order valence-electron chi connectivity index (χ3n) is 6.63. The number of nitrogens with zero attached hydrogens (tertiary/aromatic N) is 1. The lowest BCUT2D eigenvalue weighted by Gasteiger charge is -2.18. The van der Waals surface area contributed by atoms with E-state index in [1.165, 1.54) is 32.7 Å². The van der Waals surface area contributed by atoms with Crippen LogP contribution in [0.3, 0.4) is 0 Å². The number of hydrogen-bond acceptors (Lipinski definition) is 3. The van der Waals surface area contributed by atoms with E-state index in [0.29, 0.717) is 24.3 Å². The summed E-state index contributed by atoms with van der Waals surface area (Å²) in [4.78, 5) is 26.3. The molecular weight excluding hydrogens is 422 g/mol. The molecule has 2 amide bonds. The van der Waals surface area contributed by atoms with Crippen molar-refractivity contribution < 1.29 is 14.3 Å². The molecule has 176 valence electrons. The molecule has 4 heteroatoms. The number of hydrogen-bond donors (Lipinski definition) is 0. The number of carbonyl (C=O) groups is 2. The van der Waals surface area contributed by atoms with Crippen molar-refractivity contribution in [3.8, 4) is 16.9 Å². The normalized spacial score (nSPS) is 12.9.